The Kier molecular flexibility index (Phi) is 4.62. The van der Waals surface area contributed by atoms with Gasteiger partial charge in [-0.1, -0.05) is 0 Å². The van der Waals surface area contributed by atoms with Crippen molar-refractivity contribution in [1.29, 1.82) is 0 Å². The summed E-state index contributed by atoms with van der Waals surface area (Å²) in [5.41, 5.74) is -0.208. The fraction of sp³-hybridized carbons (Fsp3) is 0.400. The van der Waals surface area contributed by atoms with Gasteiger partial charge in [0, 0.05) is 23.2 Å². The molecule has 1 N–H and O–H groups in total. The number of ether oxygens (including phenoxy) is 1. The standard InChI is InChI=1S/C10H10ClF2NO3/c1-17-10-5(2-8(15)16)6(3-11)7(4-14-10)9(12)13/h4,9H,2-3H2,1H3,(H,15,16). The molecular formula is C10H10ClF2NO3. The van der Waals surface area contributed by atoms with Crippen LogP contribution in [-0.2, 0) is 17.1 Å². The maximum absolute atomic E-state index is 12.7. The third-order valence-corrected chi connectivity index (χ3v) is 2.45. The molecule has 0 aliphatic rings. The molecule has 0 unspecified atom stereocenters. The lowest BCUT2D eigenvalue weighted by atomic mass is 10.0. The van der Waals surface area contributed by atoms with Gasteiger partial charge in [0.1, 0.15) is 0 Å². The molecule has 1 aromatic rings. The average Bonchev–Trinajstić information content (AvgIpc) is 2.27. The van der Waals surface area contributed by atoms with Crippen LogP contribution in [0.15, 0.2) is 6.20 Å². The van der Waals surface area contributed by atoms with Gasteiger partial charge in [-0.05, 0) is 5.56 Å². The highest BCUT2D eigenvalue weighted by atomic mass is 35.5. The highest BCUT2D eigenvalue weighted by Gasteiger charge is 2.21. The van der Waals surface area contributed by atoms with Gasteiger partial charge < -0.3 is 9.84 Å². The number of pyridine rings is 1. The van der Waals surface area contributed by atoms with Crippen molar-refractivity contribution in [2.75, 3.05) is 7.11 Å². The molecule has 4 nitrogen and oxygen atoms in total. The number of aromatic nitrogens is 1. The van der Waals surface area contributed by atoms with Gasteiger partial charge in [0.2, 0.25) is 5.88 Å². The maximum atomic E-state index is 12.7. The number of carboxylic acids is 1. The second-order valence-corrected chi connectivity index (χ2v) is 3.45. The molecule has 1 rings (SSSR count). The van der Waals surface area contributed by atoms with E-state index in [9.17, 15) is 13.6 Å². The Labute approximate surface area is 101 Å². The van der Waals surface area contributed by atoms with Crippen molar-refractivity contribution in [3.63, 3.8) is 0 Å². The number of carbonyl (C=O) groups is 1. The largest absolute Gasteiger partial charge is 0.481 e. The number of hydrogen-bond donors (Lipinski definition) is 1. The van der Waals surface area contributed by atoms with E-state index < -0.39 is 18.8 Å². The Morgan fingerprint density at radius 1 is 1.59 bits per heavy atom. The highest BCUT2D eigenvalue weighted by molar-refractivity contribution is 6.17. The first-order valence-corrected chi connectivity index (χ1v) is 5.15. The quantitative estimate of drug-likeness (QED) is 0.831. The molecule has 0 aromatic carbocycles. The average molecular weight is 266 g/mol. The summed E-state index contributed by atoms with van der Waals surface area (Å²) < 4.78 is 30.2. The molecule has 1 heterocycles. The summed E-state index contributed by atoms with van der Waals surface area (Å²) in [6.45, 7) is 0. The molecule has 0 bridgehead atoms. The van der Waals surface area contributed by atoms with Gasteiger partial charge in [-0.3, -0.25) is 4.79 Å². The number of hydrogen-bond acceptors (Lipinski definition) is 3. The Balaban J connectivity index is 3.37. The maximum Gasteiger partial charge on any atom is 0.308 e. The van der Waals surface area contributed by atoms with Crippen LogP contribution in [-0.4, -0.2) is 23.2 Å². The van der Waals surface area contributed by atoms with Crippen molar-refractivity contribution in [1.82, 2.24) is 4.98 Å². The van der Waals surface area contributed by atoms with E-state index in [1.807, 2.05) is 0 Å². The van der Waals surface area contributed by atoms with Crippen LogP contribution in [0, 0.1) is 0 Å². The van der Waals surface area contributed by atoms with Crippen LogP contribution >= 0.6 is 11.6 Å². The zero-order valence-corrected chi connectivity index (χ0v) is 9.67. The van der Waals surface area contributed by atoms with Crippen molar-refractivity contribution in [3.8, 4) is 5.88 Å². The molecule has 0 amide bonds. The van der Waals surface area contributed by atoms with E-state index in [1.54, 1.807) is 0 Å². The smallest absolute Gasteiger partial charge is 0.308 e. The van der Waals surface area contributed by atoms with Crippen molar-refractivity contribution in [2.24, 2.45) is 0 Å². The summed E-state index contributed by atoms with van der Waals surface area (Å²) in [5, 5.41) is 8.72. The first kappa shape index (κ1) is 13.6. The molecule has 94 valence electrons. The van der Waals surface area contributed by atoms with E-state index >= 15 is 0 Å². The molecule has 0 atom stereocenters. The number of alkyl halides is 3. The molecule has 7 heteroatoms. The molecule has 0 fully saturated rings. The van der Waals surface area contributed by atoms with Crippen LogP contribution in [0.3, 0.4) is 0 Å². The van der Waals surface area contributed by atoms with Crippen LogP contribution in [0.2, 0.25) is 0 Å². The predicted molar refractivity (Wildman–Crippen MR) is 56.6 cm³/mol. The van der Waals surface area contributed by atoms with Crippen LogP contribution < -0.4 is 4.74 Å². The zero-order valence-electron chi connectivity index (χ0n) is 8.91. The fourth-order valence-corrected chi connectivity index (χ4v) is 1.76. The SMILES string of the molecule is COc1ncc(C(F)F)c(CCl)c1CC(=O)O. The third-order valence-electron chi connectivity index (χ3n) is 2.18. The minimum absolute atomic E-state index is 0.00690. The normalized spacial score (nSPS) is 10.6. The minimum Gasteiger partial charge on any atom is -0.481 e. The topological polar surface area (TPSA) is 59.4 Å². The number of aliphatic carboxylic acids is 1. The summed E-state index contributed by atoms with van der Waals surface area (Å²) >= 11 is 5.58. The number of carboxylic acid groups (broad SMARTS) is 1. The Morgan fingerprint density at radius 2 is 2.24 bits per heavy atom. The molecular weight excluding hydrogens is 256 g/mol. The van der Waals surface area contributed by atoms with Gasteiger partial charge in [0.25, 0.3) is 6.43 Å². The molecule has 1 aromatic heterocycles. The van der Waals surface area contributed by atoms with Gasteiger partial charge in [-0.15, -0.1) is 11.6 Å². The monoisotopic (exact) mass is 265 g/mol. The number of methoxy groups -OCH3 is 1. The van der Waals surface area contributed by atoms with Gasteiger partial charge in [0.05, 0.1) is 13.5 Å². The predicted octanol–water partition coefficient (Wildman–Crippen LogP) is 2.39. The van der Waals surface area contributed by atoms with E-state index in [2.05, 4.69) is 4.98 Å². The Morgan fingerprint density at radius 3 is 2.65 bits per heavy atom. The molecule has 0 saturated carbocycles. The number of nitrogens with zero attached hydrogens (tertiary/aromatic N) is 1. The Hall–Kier alpha value is -1.43. The van der Waals surface area contributed by atoms with E-state index in [0.29, 0.717) is 0 Å². The minimum atomic E-state index is -2.75. The van der Waals surface area contributed by atoms with Crippen LogP contribution in [0.1, 0.15) is 23.1 Å². The highest BCUT2D eigenvalue weighted by Crippen LogP contribution is 2.31. The van der Waals surface area contributed by atoms with Gasteiger partial charge in [-0.2, -0.15) is 0 Å². The second-order valence-electron chi connectivity index (χ2n) is 3.18. The number of rotatable bonds is 5. The summed E-state index contributed by atoms with van der Waals surface area (Å²) in [5.74, 6) is -1.38. The lowest BCUT2D eigenvalue weighted by molar-refractivity contribution is -0.136. The van der Waals surface area contributed by atoms with E-state index in [0.717, 1.165) is 6.20 Å². The summed E-state index contributed by atoms with van der Waals surface area (Å²) in [6, 6.07) is 0. The van der Waals surface area contributed by atoms with Gasteiger partial charge >= 0.3 is 5.97 Å². The lowest BCUT2D eigenvalue weighted by Gasteiger charge is -2.13. The first-order chi connectivity index (χ1) is 8.01. The fourth-order valence-electron chi connectivity index (χ4n) is 1.44. The van der Waals surface area contributed by atoms with Crippen molar-refractivity contribution < 1.29 is 23.4 Å². The summed E-state index contributed by atoms with van der Waals surface area (Å²) in [6.07, 6.45) is -2.26. The van der Waals surface area contributed by atoms with Crippen LogP contribution in [0.5, 0.6) is 5.88 Å². The molecule has 0 spiro atoms. The van der Waals surface area contributed by atoms with Crippen LogP contribution in [0.25, 0.3) is 0 Å². The second kappa shape index (κ2) is 5.77. The van der Waals surface area contributed by atoms with E-state index in [-0.39, 0.29) is 28.5 Å². The van der Waals surface area contributed by atoms with E-state index in [1.165, 1.54) is 7.11 Å². The van der Waals surface area contributed by atoms with Gasteiger partial charge in [-0.25, -0.2) is 13.8 Å². The van der Waals surface area contributed by atoms with Crippen LogP contribution in [0.4, 0.5) is 8.78 Å². The zero-order chi connectivity index (χ0) is 13.0. The van der Waals surface area contributed by atoms with E-state index in [4.69, 9.17) is 21.4 Å². The van der Waals surface area contributed by atoms with Crippen molar-refractivity contribution in [2.45, 2.75) is 18.7 Å². The molecule has 0 aliphatic carbocycles. The summed E-state index contributed by atoms with van der Waals surface area (Å²) in [7, 11) is 1.29. The molecule has 0 aliphatic heterocycles. The molecule has 0 saturated heterocycles. The third kappa shape index (κ3) is 3.03. The lowest BCUT2D eigenvalue weighted by Crippen LogP contribution is -2.09. The van der Waals surface area contributed by atoms with Crippen molar-refractivity contribution in [3.05, 3.63) is 22.9 Å². The number of halogens is 3. The summed E-state index contributed by atoms with van der Waals surface area (Å²) in [4.78, 5) is 14.3. The van der Waals surface area contributed by atoms with Gasteiger partial charge in [0.15, 0.2) is 0 Å². The van der Waals surface area contributed by atoms with Crippen molar-refractivity contribution >= 4 is 17.6 Å². The molecule has 0 radical (unpaired) electrons. The first-order valence-electron chi connectivity index (χ1n) is 4.61. The Bertz CT molecular complexity index is 426. The molecule has 17 heavy (non-hydrogen) atoms.